The topological polar surface area (TPSA) is 80.2 Å². The molecule has 2 N–H and O–H groups in total. The van der Waals surface area contributed by atoms with Crippen molar-refractivity contribution in [2.75, 3.05) is 24.7 Å². The lowest BCUT2D eigenvalue weighted by atomic mass is 10.1. The molecule has 3 rings (SSSR count). The van der Waals surface area contributed by atoms with Gasteiger partial charge in [-0.1, -0.05) is 18.2 Å². The number of ether oxygens (including phenoxy) is 2. The minimum atomic E-state index is -0.364. The molecule has 6 nitrogen and oxygen atoms in total. The number of aromatic hydroxyl groups is 1. The average molecular weight is 459 g/mol. The van der Waals surface area contributed by atoms with Gasteiger partial charge in [0, 0.05) is 17.1 Å². The zero-order valence-corrected chi connectivity index (χ0v) is 19.0. The second kappa shape index (κ2) is 11.7. The summed E-state index contributed by atoms with van der Waals surface area (Å²) in [6.45, 7) is 5.83. The van der Waals surface area contributed by atoms with Crippen LogP contribution in [-0.2, 0) is 11.2 Å². The van der Waals surface area contributed by atoms with Gasteiger partial charge in [-0.25, -0.2) is 5.43 Å². The van der Waals surface area contributed by atoms with Gasteiger partial charge in [0.25, 0.3) is 5.91 Å². The molecule has 0 radical (unpaired) electrons. The van der Waals surface area contributed by atoms with Gasteiger partial charge in [0.1, 0.15) is 5.75 Å². The molecule has 1 amide bonds. The molecule has 0 bridgehead atoms. The molecule has 1 heterocycles. The molecule has 164 valence electrons. The lowest BCUT2D eigenvalue weighted by molar-refractivity contribution is -0.123. The van der Waals surface area contributed by atoms with Crippen molar-refractivity contribution < 1.29 is 19.4 Å². The van der Waals surface area contributed by atoms with Crippen molar-refractivity contribution >= 4 is 35.6 Å². The highest BCUT2D eigenvalue weighted by molar-refractivity contribution is 8.19. The molecule has 2 aromatic carbocycles. The van der Waals surface area contributed by atoms with E-state index in [9.17, 15) is 9.90 Å². The number of hydrogen-bond acceptors (Lipinski definition) is 7. The predicted octanol–water partition coefficient (Wildman–Crippen LogP) is 4.53. The van der Waals surface area contributed by atoms with Gasteiger partial charge in [0.05, 0.1) is 17.4 Å². The Kier molecular flexibility index (Phi) is 8.73. The largest absolute Gasteiger partial charge is 0.504 e. The summed E-state index contributed by atoms with van der Waals surface area (Å²) in [5.41, 5.74) is 5.09. The molecule has 1 aliphatic rings. The van der Waals surface area contributed by atoms with E-state index < -0.39 is 0 Å². The summed E-state index contributed by atoms with van der Waals surface area (Å²) in [5.74, 6) is 3.10. The Balaban J connectivity index is 1.52. The third-order valence-corrected chi connectivity index (χ3v) is 7.49. The molecular formula is C23H26N2O4S2. The zero-order valence-electron chi connectivity index (χ0n) is 17.4. The van der Waals surface area contributed by atoms with Crippen molar-refractivity contribution in [2.24, 2.45) is 5.10 Å². The third-order valence-electron chi connectivity index (χ3n) is 4.39. The fourth-order valence-electron chi connectivity index (χ4n) is 2.97. The standard InChI is InChI=1S/C23H26N2O4S2/c1-3-5-18-12-16(13-20(22(18)27)28-4-2)14-24-25-21(26)15-29-19-8-6-17(7-9-19)23-30-10-11-31-23/h3,6-9,12-14,23,27H,1,4-5,10-11,15H2,2H3,(H,25,26)/b24-14-. The Labute approximate surface area is 191 Å². The van der Waals surface area contributed by atoms with Crippen molar-refractivity contribution in [1.82, 2.24) is 5.43 Å². The summed E-state index contributed by atoms with van der Waals surface area (Å²) in [5, 5.41) is 14.2. The van der Waals surface area contributed by atoms with Crippen LogP contribution in [0.15, 0.2) is 54.2 Å². The number of thioether (sulfide) groups is 2. The number of hydrazone groups is 1. The van der Waals surface area contributed by atoms with Gasteiger partial charge in [0.15, 0.2) is 18.1 Å². The molecule has 0 unspecified atom stereocenters. The molecule has 0 aromatic heterocycles. The molecule has 31 heavy (non-hydrogen) atoms. The lowest BCUT2D eigenvalue weighted by Gasteiger charge is -2.11. The van der Waals surface area contributed by atoms with Crippen molar-refractivity contribution in [1.29, 1.82) is 0 Å². The van der Waals surface area contributed by atoms with Crippen LogP contribution < -0.4 is 14.9 Å². The maximum absolute atomic E-state index is 12.0. The molecular weight excluding hydrogens is 432 g/mol. The smallest absolute Gasteiger partial charge is 0.277 e. The average Bonchev–Trinajstić information content (AvgIpc) is 3.31. The van der Waals surface area contributed by atoms with Gasteiger partial charge in [-0.15, -0.1) is 30.1 Å². The number of carbonyl (C=O) groups excluding carboxylic acids is 1. The lowest BCUT2D eigenvalue weighted by Crippen LogP contribution is -2.24. The van der Waals surface area contributed by atoms with Crippen LogP contribution in [0.3, 0.4) is 0 Å². The van der Waals surface area contributed by atoms with Crippen LogP contribution in [0, 0.1) is 0 Å². The maximum Gasteiger partial charge on any atom is 0.277 e. The molecule has 0 atom stereocenters. The van der Waals surface area contributed by atoms with E-state index in [0.29, 0.717) is 40.2 Å². The number of rotatable bonds is 10. The van der Waals surface area contributed by atoms with Gasteiger partial charge in [0.2, 0.25) is 0 Å². The van der Waals surface area contributed by atoms with E-state index in [2.05, 4.69) is 17.1 Å². The number of amides is 1. The fourth-order valence-corrected chi connectivity index (χ4v) is 5.83. The summed E-state index contributed by atoms with van der Waals surface area (Å²) in [7, 11) is 0. The van der Waals surface area contributed by atoms with E-state index in [-0.39, 0.29) is 18.3 Å². The van der Waals surface area contributed by atoms with Crippen molar-refractivity contribution in [3.63, 3.8) is 0 Å². The minimum absolute atomic E-state index is 0.0903. The van der Waals surface area contributed by atoms with Gasteiger partial charge in [-0.05, 0) is 48.7 Å². The summed E-state index contributed by atoms with van der Waals surface area (Å²) in [4.78, 5) is 12.0. The maximum atomic E-state index is 12.0. The van der Waals surface area contributed by atoms with E-state index in [0.717, 1.165) is 0 Å². The monoisotopic (exact) mass is 458 g/mol. The number of carbonyl (C=O) groups is 1. The van der Waals surface area contributed by atoms with Crippen LogP contribution in [0.5, 0.6) is 17.2 Å². The second-order valence-corrected chi connectivity index (χ2v) is 9.40. The van der Waals surface area contributed by atoms with Gasteiger partial charge < -0.3 is 14.6 Å². The molecule has 0 saturated carbocycles. The molecule has 0 aliphatic carbocycles. The van der Waals surface area contributed by atoms with E-state index in [1.807, 2.05) is 54.7 Å². The Morgan fingerprint density at radius 3 is 2.68 bits per heavy atom. The van der Waals surface area contributed by atoms with Crippen LogP contribution in [0.4, 0.5) is 0 Å². The van der Waals surface area contributed by atoms with Crippen molar-refractivity contribution in [3.8, 4) is 17.2 Å². The third kappa shape index (κ3) is 6.70. The van der Waals surface area contributed by atoms with Crippen LogP contribution in [0.25, 0.3) is 0 Å². The number of benzene rings is 2. The highest BCUT2D eigenvalue weighted by Crippen LogP contribution is 2.45. The SMILES string of the molecule is C=CCc1cc(/C=N\NC(=O)COc2ccc(C3SCCS3)cc2)cc(OCC)c1O. The van der Waals surface area contributed by atoms with Crippen molar-refractivity contribution in [3.05, 3.63) is 65.7 Å². The Morgan fingerprint density at radius 2 is 2.00 bits per heavy atom. The number of nitrogens with zero attached hydrogens (tertiary/aromatic N) is 1. The van der Waals surface area contributed by atoms with Gasteiger partial charge in [-0.2, -0.15) is 5.10 Å². The molecule has 8 heteroatoms. The minimum Gasteiger partial charge on any atom is -0.504 e. The number of hydrogen-bond donors (Lipinski definition) is 2. The molecule has 1 fully saturated rings. The number of phenols is 1. The van der Waals surface area contributed by atoms with Gasteiger partial charge in [-0.3, -0.25) is 4.79 Å². The van der Waals surface area contributed by atoms with Crippen LogP contribution in [0.1, 0.15) is 28.2 Å². The quantitative estimate of drug-likeness (QED) is 0.309. The van der Waals surface area contributed by atoms with Crippen LogP contribution in [-0.4, -0.2) is 41.9 Å². The highest BCUT2D eigenvalue weighted by atomic mass is 32.2. The first-order valence-corrected chi connectivity index (χ1v) is 12.1. The normalized spacial score (nSPS) is 14.0. The zero-order chi connectivity index (χ0) is 22.1. The van der Waals surface area contributed by atoms with Gasteiger partial charge >= 0.3 is 0 Å². The molecule has 0 spiro atoms. The number of allylic oxidation sites excluding steroid dienone is 1. The van der Waals surface area contributed by atoms with E-state index in [1.54, 1.807) is 18.2 Å². The predicted molar refractivity (Wildman–Crippen MR) is 129 cm³/mol. The van der Waals surface area contributed by atoms with E-state index in [1.165, 1.54) is 23.3 Å². The van der Waals surface area contributed by atoms with Crippen LogP contribution in [0.2, 0.25) is 0 Å². The molecule has 1 saturated heterocycles. The van der Waals surface area contributed by atoms with Crippen molar-refractivity contribution in [2.45, 2.75) is 17.9 Å². The summed E-state index contributed by atoms with van der Waals surface area (Å²) < 4.78 is 11.5. The van der Waals surface area contributed by atoms with E-state index in [4.69, 9.17) is 9.47 Å². The first kappa shape index (κ1) is 23.1. The summed E-state index contributed by atoms with van der Waals surface area (Å²) in [6.07, 6.45) is 3.69. The Hall–Kier alpha value is -2.58. The van der Waals surface area contributed by atoms with E-state index >= 15 is 0 Å². The Morgan fingerprint density at radius 1 is 1.26 bits per heavy atom. The second-order valence-electron chi connectivity index (χ2n) is 6.68. The first-order valence-electron chi connectivity index (χ1n) is 9.98. The summed E-state index contributed by atoms with van der Waals surface area (Å²) >= 11 is 3.90. The summed E-state index contributed by atoms with van der Waals surface area (Å²) in [6, 6.07) is 11.3. The molecule has 2 aromatic rings. The number of nitrogens with one attached hydrogen (secondary N) is 1. The van der Waals surface area contributed by atoms with Crippen LogP contribution >= 0.6 is 23.5 Å². The number of phenolic OH excluding ortho intramolecular Hbond substituents is 1. The molecule has 1 aliphatic heterocycles. The fraction of sp³-hybridized carbons (Fsp3) is 0.304. The Bertz CT molecular complexity index is 926. The highest BCUT2D eigenvalue weighted by Gasteiger charge is 2.18. The first-order chi connectivity index (χ1) is 15.1.